The molecule has 0 saturated carbocycles. The number of nitrogens with zero attached hydrogens (tertiary/aromatic N) is 3. The van der Waals surface area contributed by atoms with E-state index in [1.165, 1.54) is 24.3 Å². The van der Waals surface area contributed by atoms with E-state index in [9.17, 15) is 13.0 Å². The van der Waals surface area contributed by atoms with Crippen LogP contribution in [0.1, 0.15) is 45.4 Å². The molecule has 0 aliphatic heterocycles. The molecule has 2 aromatic rings. The molecule has 7 nitrogen and oxygen atoms in total. The zero-order valence-electron chi connectivity index (χ0n) is 16.1. The fraction of sp³-hybridized carbons (Fsp3) is 0.400. The van der Waals surface area contributed by atoms with Gasteiger partial charge in [-0.1, -0.05) is 75.4 Å². The fourth-order valence-electron chi connectivity index (χ4n) is 2.43. The van der Waals surface area contributed by atoms with Crippen molar-refractivity contribution in [1.29, 1.82) is 5.39 Å². The summed E-state index contributed by atoms with van der Waals surface area (Å²) in [5.41, 5.74) is 1.65. The molecule has 0 heterocycles. The molecule has 2 rings (SSSR count). The van der Waals surface area contributed by atoms with Crippen LogP contribution >= 0.6 is 0 Å². The van der Waals surface area contributed by atoms with Gasteiger partial charge in [-0.3, -0.25) is 4.18 Å². The zero-order valence-corrected chi connectivity index (χ0v) is 16.9. The van der Waals surface area contributed by atoms with Crippen LogP contribution in [-0.4, -0.2) is 19.6 Å². The van der Waals surface area contributed by atoms with E-state index in [1.807, 2.05) is 60.7 Å². The highest BCUT2D eigenvalue weighted by Gasteiger charge is 2.18. The van der Waals surface area contributed by atoms with Gasteiger partial charge in [0.05, 0.1) is 6.61 Å². The number of diazo groups is 1. The van der Waals surface area contributed by atoms with Gasteiger partial charge in [-0.15, -0.1) is 0 Å². The maximum absolute atomic E-state index is 9.99. The lowest BCUT2D eigenvalue weighted by Crippen LogP contribution is -2.05. The van der Waals surface area contributed by atoms with E-state index in [-0.39, 0.29) is 6.61 Å². The average Bonchev–Trinajstić information content (AvgIpc) is 2.69. The van der Waals surface area contributed by atoms with Crippen molar-refractivity contribution in [3.63, 3.8) is 0 Å². The second-order valence-corrected chi connectivity index (χ2v) is 7.12. The van der Waals surface area contributed by atoms with E-state index in [0.29, 0.717) is 6.42 Å². The molecular formula is C20H27N3O4S. The van der Waals surface area contributed by atoms with Crippen LogP contribution in [0.2, 0.25) is 0 Å². The second kappa shape index (κ2) is 13.7. The number of anilines is 2. The molecule has 0 aromatic heterocycles. The molecule has 0 N–H and O–H groups in total. The van der Waals surface area contributed by atoms with Gasteiger partial charge in [0.1, 0.15) is 11.4 Å². The average molecular weight is 406 g/mol. The molecule has 0 aliphatic carbocycles. The molecular weight excluding hydrogens is 378 g/mol. The largest absolute Gasteiger partial charge is 0.726 e. The molecule has 152 valence electrons. The number of unbranched alkanes of at least 4 members (excludes halogenated alkanes) is 5. The molecule has 0 bridgehead atoms. The first-order valence-electron chi connectivity index (χ1n) is 9.33. The molecule has 0 fully saturated rings. The molecule has 0 unspecified atom stereocenters. The van der Waals surface area contributed by atoms with Gasteiger partial charge in [-0.2, -0.15) is 0 Å². The molecule has 0 radical (unpaired) electrons. The van der Waals surface area contributed by atoms with Crippen molar-refractivity contribution in [2.24, 2.45) is 0 Å². The summed E-state index contributed by atoms with van der Waals surface area (Å²) >= 11 is 0. The van der Waals surface area contributed by atoms with Crippen LogP contribution in [-0.2, 0) is 14.6 Å². The number of hydrogen-bond donors (Lipinski definition) is 0. The summed E-state index contributed by atoms with van der Waals surface area (Å²) in [6, 6.07) is 19.0. The second-order valence-electron chi connectivity index (χ2n) is 6.07. The molecule has 28 heavy (non-hydrogen) atoms. The van der Waals surface area contributed by atoms with Gasteiger partial charge in [0.25, 0.3) is 5.39 Å². The topological polar surface area (TPSA) is 97.8 Å². The minimum Gasteiger partial charge on any atom is -0.726 e. The first-order valence-corrected chi connectivity index (χ1v) is 10.7. The predicted octanol–water partition coefficient (Wildman–Crippen LogP) is 5.42. The Kier molecular flexibility index (Phi) is 11.5. The van der Waals surface area contributed by atoms with E-state index in [4.69, 9.17) is 5.39 Å². The van der Waals surface area contributed by atoms with Crippen molar-refractivity contribution in [2.75, 3.05) is 11.6 Å². The molecule has 0 aliphatic rings. The molecule has 0 saturated heterocycles. The summed E-state index contributed by atoms with van der Waals surface area (Å²) in [6.45, 7) is 2.16. The van der Waals surface area contributed by atoms with Crippen LogP contribution in [0, 0.1) is 5.39 Å². The summed E-state index contributed by atoms with van der Waals surface area (Å²) in [7, 11) is -4.47. The highest BCUT2D eigenvalue weighted by atomic mass is 32.3. The molecule has 0 spiro atoms. The number of benzene rings is 2. The van der Waals surface area contributed by atoms with Crippen LogP contribution in [0.3, 0.4) is 0 Å². The first kappa shape index (κ1) is 23.6. The lowest BCUT2D eigenvalue weighted by atomic mass is 10.1. The highest BCUT2D eigenvalue weighted by molar-refractivity contribution is 7.80. The van der Waals surface area contributed by atoms with E-state index >= 15 is 0 Å². The maximum atomic E-state index is 9.99. The van der Waals surface area contributed by atoms with Crippen LogP contribution in [0.5, 0.6) is 0 Å². The van der Waals surface area contributed by atoms with Crippen LogP contribution < -0.4 is 5.01 Å². The van der Waals surface area contributed by atoms with Crippen molar-refractivity contribution >= 4 is 21.8 Å². The normalized spacial score (nSPS) is 10.5. The van der Waals surface area contributed by atoms with E-state index in [1.54, 1.807) is 0 Å². The van der Waals surface area contributed by atoms with Gasteiger partial charge < -0.3 is 4.55 Å². The van der Waals surface area contributed by atoms with Crippen molar-refractivity contribution < 1.29 is 17.2 Å². The third kappa shape index (κ3) is 10.6. The quantitative estimate of drug-likeness (QED) is 0.172. The predicted molar refractivity (Wildman–Crippen MR) is 109 cm³/mol. The number of para-hydroxylation sites is 2. The van der Waals surface area contributed by atoms with Crippen molar-refractivity contribution in [1.82, 2.24) is 0 Å². The first-order chi connectivity index (χ1) is 13.5. The summed E-state index contributed by atoms with van der Waals surface area (Å²) in [5, 5.41) is 13.7. The maximum Gasteiger partial charge on any atom is 0.316 e. The summed E-state index contributed by atoms with van der Waals surface area (Å²) in [5.74, 6) is 0. The Hall–Kier alpha value is -2.47. The lowest BCUT2D eigenvalue weighted by molar-refractivity contribution is 0.255. The smallest absolute Gasteiger partial charge is 0.316 e. The summed E-state index contributed by atoms with van der Waals surface area (Å²) in [4.78, 5) is 0. The van der Waals surface area contributed by atoms with E-state index in [0.717, 1.165) is 24.2 Å². The third-order valence-corrected chi connectivity index (χ3v) is 4.27. The van der Waals surface area contributed by atoms with Gasteiger partial charge in [-0.25, -0.2) is 8.42 Å². The van der Waals surface area contributed by atoms with Crippen molar-refractivity contribution in [3.05, 3.63) is 65.7 Å². The molecule has 8 heteroatoms. The Labute approximate surface area is 167 Å². The zero-order chi connectivity index (χ0) is 20.7. The van der Waals surface area contributed by atoms with Crippen LogP contribution in [0.4, 0.5) is 11.4 Å². The molecule has 0 amide bonds. The Morgan fingerprint density at radius 2 is 1.36 bits per heavy atom. The standard InChI is InChI=1S/C12H10N3.C8H18O4S/c13-14-15(11-7-3-1-4-8-11)12-9-5-2-6-10-12;1-2-3-4-5-6-7-8-12-13(9,10)11/h1-10H;2-8H2,1H3,(H,9,10,11)/q+1;/p-1. The number of rotatable bonds is 10. The SMILES string of the molecule is CCCCCCCCOS(=O)(=O)[O-].N#[N+]N(c1ccccc1)c1ccccc1. The van der Waals surface area contributed by atoms with E-state index < -0.39 is 10.4 Å². The highest BCUT2D eigenvalue weighted by Crippen LogP contribution is 2.24. The molecule has 0 atom stereocenters. The molecule has 2 aromatic carbocycles. The Bertz CT molecular complexity index is 754. The third-order valence-electron chi connectivity index (χ3n) is 3.82. The number of hydrogen-bond acceptors (Lipinski definition) is 6. The van der Waals surface area contributed by atoms with Crippen LogP contribution in [0.25, 0.3) is 5.08 Å². The Balaban J connectivity index is 0.000000284. The minimum absolute atomic E-state index is 0.0258. The lowest BCUT2D eigenvalue weighted by Gasteiger charge is -2.06. The summed E-state index contributed by atoms with van der Waals surface area (Å²) < 4.78 is 34.0. The Morgan fingerprint density at radius 3 is 1.79 bits per heavy atom. The van der Waals surface area contributed by atoms with E-state index in [2.05, 4.69) is 16.2 Å². The van der Waals surface area contributed by atoms with Crippen molar-refractivity contribution in [2.45, 2.75) is 45.4 Å². The van der Waals surface area contributed by atoms with Gasteiger partial charge in [-0.05, 0) is 30.7 Å². The van der Waals surface area contributed by atoms with Gasteiger partial charge in [0, 0.05) is 5.01 Å². The van der Waals surface area contributed by atoms with Crippen molar-refractivity contribution in [3.8, 4) is 0 Å². The summed E-state index contributed by atoms with van der Waals surface area (Å²) in [6.07, 6.45) is 6.21. The Morgan fingerprint density at radius 1 is 0.893 bits per heavy atom. The van der Waals surface area contributed by atoms with Gasteiger partial charge >= 0.3 is 5.08 Å². The van der Waals surface area contributed by atoms with Crippen LogP contribution in [0.15, 0.2) is 60.7 Å². The van der Waals surface area contributed by atoms with Gasteiger partial charge in [0.15, 0.2) is 0 Å². The monoisotopic (exact) mass is 405 g/mol. The minimum atomic E-state index is -4.47. The van der Waals surface area contributed by atoms with Gasteiger partial charge in [0.2, 0.25) is 10.4 Å². The fourth-order valence-corrected chi connectivity index (χ4v) is 2.76.